The lowest BCUT2D eigenvalue weighted by atomic mass is 9.85. The molecule has 6 nitrogen and oxygen atoms in total. The summed E-state index contributed by atoms with van der Waals surface area (Å²) in [5.74, 6) is -1.46. The van der Waals surface area contributed by atoms with Crippen LogP contribution in [0.3, 0.4) is 0 Å². The third-order valence-corrected chi connectivity index (χ3v) is 5.20. The van der Waals surface area contributed by atoms with Crippen molar-refractivity contribution >= 4 is 23.2 Å². The van der Waals surface area contributed by atoms with Crippen LogP contribution in [-0.2, 0) is 23.2 Å². The van der Waals surface area contributed by atoms with Crippen molar-refractivity contribution in [3.63, 3.8) is 0 Å². The van der Waals surface area contributed by atoms with Crippen molar-refractivity contribution in [3.8, 4) is 0 Å². The minimum atomic E-state index is -0.862. The third-order valence-electron chi connectivity index (χ3n) is 4.21. The lowest BCUT2D eigenvalue weighted by molar-refractivity contribution is -0.152. The van der Waals surface area contributed by atoms with Crippen LogP contribution in [0.4, 0.5) is 0 Å². The zero-order chi connectivity index (χ0) is 16.6. The fraction of sp³-hybridized carbons (Fsp3) is 0.438. The summed E-state index contributed by atoms with van der Waals surface area (Å²) in [6.45, 7) is 2.46. The molecule has 1 fully saturated rings. The van der Waals surface area contributed by atoms with Gasteiger partial charge < -0.3 is 10.0 Å². The number of aromatic nitrogens is 2. The predicted octanol–water partition coefficient (Wildman–Crippen LogP) is 2.35. The highest BCUT2D eigenvalue weighted by Crippen LogP contribution is 2.38. The first-order chi connectivity index (χ1) is 11.0. The molecule has 23 heavy (non-hydrogen) atoms. The van der Waals surface area contributed by atoms with Gasteiger partial charge in [0.25, 0.3) is 0 Å². The first-order valence-corrected chi connectivity index (χ1v) is 8.33. The van der Waals surface area contributed by atoms with Gasteiger partial charge in [-0.25, -0.2) is 0 Å². The zero-order valence-corrected chi connectivity index (χ0v) is 13.9. The second-order valence-corrected chi connectivity index (χ2v) is 7.28. The van der Waals surface area contributed by atoms with Gasteiger partial charge in [-0.2, -0.15) is 5.10 Å². The summed E-state index contributed by atoms with van der Waals surface area (Å²) in [6.07, 6.45) is 4.10. The van der Waals surface area contributed by atoms with Crippen molar-refractivity contribution in [2.45, 2.75) is 32.4 Å². The summed E-state index contributed by atoms with van der Waals surface area (Å²) >= 11 is 1.63. The van der Waals surface area contributed by atoms with Crippen LogP contribution in [0, 0.1) is 12.8 Å². The molecule has 2 aromatic heterocycles. The molecular formula is C16H19N3O3S. The number of rotatable bonds is 4. The molecule has 1 saturated heterocycles. The molecule has 3 heterocycles. The Morgan fingerprint density at radius 1 is 1.48 bits per heavy atom. The maximum atomic E-state index is 12.5. The molecule has 0 bridgehead atoms. The van der Waals surface area contributed by atoms with E-state index in [0.29, 0.717) is 13.0 Å². The topological polar surface area (TPSA) is 75.4 Å². The van der Waals surface area contributed by atoms with Crippen molar-refractivity contribution in [3.05, 3.63) is 39.8 Å². The number of aliphatic carboxylic acids is 1. The van der Waals surface area contributed by atoms with Crippen LogP contribution in [0.5, 0.6) is 0 Å². The number of piperidine rings is 1. The van der Waals surface area contributed by atoms with E-state index in [1.54, 1.807) is 40.4 Å². The minimum Gasteiger partial charge on any atom is -0.481 e. The molecule has 0 radical (unpaired) electrons. The van der Waals surface area contributed by atoms with Crippen LogP contribution in [0.2, 0.25) is 0 Å². The molecule has 0 aliphatic carbocycles. The molecule has 0 unspecified atom stereocenters. The molecule has 1 amide bonds. The van der Waals surface area contributed by atoms with E-state index in [1.807, 2.05) is 19.1 Å². The fourth-order valence-electron chi connectivity index (χ4n) is 3.14. The van der Waals surface area contributed by atoms with Crippen LogP contribution in [-0.4, -0.2) is 31.7 Å². The standard InChI is InChI=1S/C16H19N3O3S/c1-10-3-4-12(23-10)9-19-14(20)6-5-13(16(21)22)15(19)11-7-17-18(2)8-11/h3-4,7-8,13,15H,5-6,9H2,1-2H3,(H,21,22)/t13-,15-/m0/s1. The number of carbonyl (C=O) groups excluding carboxylic acids is 1. The first kappa shape index (κ1) is 15.7. The summed E-state index contributed by atoms with van der Waals surface area (Å²) in [5, 5.41) is 13.7. The van der Waals surface area contributed by atoms with E-state index in [1.165, 1.54) is 4.88 Å². The molecule has 1 N–H and O–H groups in total. The second kappa shape index (κ2) is 6.16. The fourth-order valence-corrected chi connectivity index (χ4v) is 4.03. The maximum Gasteiger partial charge on any atom is 0.308 e. The molecule has 0 spiro atoms. The lowest BCUT2D eigenvalue weighted by Crippen LogP contribution is -2.44. The molecule has 0 saturated carbocycles. The van der Waals surface area contributed by atoms with Crippen LogP contribution in [0.15, 0.2) is 24.5 Å². The van der Waals surface area contributed by atoms with E-state index < -0.39 is 17.9 Å². The SMILES string of the molecule is Cc1ccc(CN2C(=O)CC[C@H](C(=O)O)[C@@H]2c2cnn(C)c2)s1. The van der Waals surface area contributed by atoms with Gasteiger partial charge in [0, 0.05) is 35.0 Å². The Morgan fingerprint density at radius 2 is 2.26 bits per heavy atom. The van der Waals surface area contributed by atoms with Gasteiger partial charge in [0.1, 0.15) is 0 Å². The summed E-state index contributed by atoms with van der Waals surface area (Å²) in [5.41, 5.74) is 0.779. The number of hydrogen-bond acceptors (Lipinski definition) is 4. The van der Waals surface area contributed by atoms with Gasteiger partial charge in [-0.1, -0.05) is 0 Å². The third kappa shape index (κ3) is 3.14. The highest BCUT2D eigenvalue weighted by molar-refractivity contribution is 7.11. The molecule has 0 aromatic carbocycles. The van der Waals surface area contributed by atoms with Gasteiger partial charge in [-0.15, -0.1) is 11.3 Å². The van der Waals surface area contributed by atoms with E-state index in [0.717, 1.165) is 10.4 Å². The predicted molar refractivity (Wildman–Crippen MR) is 85.9 cm³/mol. The maximum absolute atomic E-state index is 12.5. The van der Waals surface area contributed by atoms with Crippen molar-refractivity contribution in [2.24, 2.45) is 13.0 Å². The number of thiophene rings is 1. The van der Waals surface area contributed by atoms with E-state index in [9.17, 15) is 14.7 Å². The first-order valence-electron chi connectivity index (χ1n) is 7.52. The number of carbonyl (C=O) groups is 2. The van der Waals surface area contributed by atoms with E-state index in [2.05, 4.69) is 5.10 Å². The van der Waals surface area contributed by atoms with Gasteiger partial charge in [-0.3, -0.25) is 14.3 Å². The molecule has 122 valence electrons. The van der Waals surface area contributed by atoms with Gasteiger partial charge in [0.15, 0.2) is 0 Å². The van der Waals surface area contributed by atoms with Crippen LogP contribution in [0.25, 0.3) is 0 Å². The van der Waals surface area contributed by atoms with Gasteiger partial charge in [0.05, 0.1) is 24.7 Å². The number of nitrogens with zero attached hydrogens (tertiary/aromatic N) is 3. The highest BCUT2D eigenvalue weighted by Gasteiger charge is 2.41. The highest BCUT2D eigenvalue weighted by atomic mass is 32.1. The van der Waals surface area contributed by atoms with Crippen molar-refractivity contribution in [1.82, 2.24) is 14.7 Å². The van der Waals surface area contributed by atoms with E-state index in [4.69, 9.17) is 0 Å². The van der Waals surface area contributed by atoms with Gasteiger partial charge in [0.2, 0.25) is 5.91 Å². The molecule has 7 heteroatoms. The Kier molecular flexibility index (Phi) is 4.21. The number of carboxylic acids is 1. The van der Waals surface area contributed by atoms with Crippen LogP contribution in [0.1, 0.15) is 34.2 Å². The molecule has 2 aromatic rings. The second-order valence-electron chi connectivity index (χ2n) is 5.91. The minimum absolute atomic E-state index is 0.00223. The van der Waals surface area contributed by atoms with Gasteiger partial charge in [-0.05, 0) is 25.5 Å². The van der Waals surface area contributed by atoms with Crippen molar-refractivity contribution in [1.29, 1.82) is 0 Å². The zero-order valence-electron chi connectivity index (χ0n) is 13.1. The molecule has 1 aliphatic heterocycles. The van der Waals surface area contributed by atoms with E-state index in [-0.39, 0.29) is 12.3 Å². The Balaban J connectivity index is 1.96. The number of hydrogen-bond donors (Lipinski definition) is 1. The Morgan fingerprint density at radius 3 is 2.83 bits per heavy atom. The number of aryl methyl sites for hydroxylation is 2. The number of carboxylic acid groups (broad SMARTS) is 1. The summed E-state index contributed by atoms with van der Waals surface area (Å²) in [6, 6.07) is 3.55. The van der Waals surface area contributed by atoms with Gasteiger partial charge >= 0.3 is 5.97 Å². The molecule has 1 aliphatic rings. The number of amides is 1. The number of likely N-dealkylation sites (tertiary alicyclic amines) is 1. The van der Waals surface area contributed by atoms with E-state index >= 15 is 0 Å². The van der Waals surface area contributed by atoms with Crippen LogP contribution >= 0.6 is 11.3 Å². The molecule has 3 rings (SSSR count). The lowest BCUT2D eigenvalue weighted by Gasteiger charge is -2.38. The summed E-state index contributed by atoms with van der Waals surface area (Å²) in [4.78, 5) is 28.1. The van der Waals surface area contributed by atoms with Crippen molar-refractivity contribution in [2.75, 3.05) is 0 Å². The molecule has 2 atom stereocenters. The summed E-state index contributed by atoms with van der Waals surface area (Å²) < 4.78 is 1.64. The quantitative estimate of drug-likeness (QED) is 0.932. The van der Waals surface area contributed by atoms with Crippen LogP contribution < -0.4 is 0 Å². The average molecular weight is 333 g/mol. The normalized spacial score (nSPS) is 21.7. The Labute approximate surface area is 138 Å². The van der Waals surface area contributed by atoms with Crippen molar-refractivity contribution < 1.29 is 14.7 Å². The largest absolute Gasteiger partial charge is 0.481 e. The monoisotopic (exact) mass is 333 g/mol. The Hall–Kier alpha value is -2.15. The molecular weight excluding hydrogens is 314 g/mol. The Bertz CT molecular complexity index is 737. The smallest absolute Gasteiger partial charge is 0.308 e. The summed E-state index contributed by atoms with van der Waals surface area (Å²) in [7, 11) is 1.79. The average Bonchev–Trinajstić information content (AvgIpc) is 3.09.